The lowest BCUT2D eigenvalue weighted by molar-refractivity contribution is -0.117. The van der Waals surface area contributed by atoms with Gasteiger partial charge < -0.3 is 9.80 Å². The molecule has 0 aliphatic carbocycles. The first-order chi connectivity index (χ1) is 11.7. The Labute approximate surface area is 140 Å². The van der Waals surface area contributed by atoms with Gasteiger partial charge in [-0.05, 0) is 30.7 Å². The molecular weight excluding hydrogens is 302 g/mol. The Morgan fingerprint density at radius 2 is 2.00 bits per heavy atom. The largest absolute Gasteiger partial charge is 0.355 e. The molecule has 0 bridgehead atoms. The number of anilines is 2. The summed E-state index contributed by atoms with van der Waals surface area (Å²) in [6.07, 6.45) is 6.67. The zero-order valence-electron chi connectivity index (χ0n) is 13.2. The van der Waals surface area contributed by atoms with E-state index < -0.39 is 0 Å². The summed E-state index contributed by atoms with van der Waals surface area (Å²) in [4.78, 5) is 25.1. The first-order valence-electron chi connectivity index (χ1n) is 8.01. The smallest absolute Gasteiger partial charge is 0.227 e. The molecule has 4 rings (SSSR count). The van der Waals surface area contributed by atoms with E-state index in [9.17, 15) is 4.79 Å². The molecule has 1 aromatic carbocycles. The summed E-state index contributed by atoms with van der Waals surface area (Å²) >= 11 is 0. The minimum atomic E-state index is -0.0253. The van der Waals surface area contributed by atoms with Crippen molar-refractivity contribution in [1.82, 2.24) is 9.97 Å². The van der Waals surface area contributed by atoms with Crippen LogP contribution in [0.1, 0.15) is 18.4 Å². The standard InChI is InChI=1S/C18H17N5O/c19-10-14-1-3-15(4-2-14)23-13-18(9-17(23)24)5-8-22(12-18)16-11-20-6-7-21-16/h1-4,6-7,11H,5,8-9,12-13H2/t18-/m0/s1. The zero-order valence-corrected chi connectivity index (χ0v) is 13.2. The molecular formula is C18H17N5O. The Balaban J connectivity index is 1.52. The van der Waals surface area contributed by atoms with Gasteiger partial charge in [-0.1, -0.05) is 0 Å². The van der Waals surface area contributed by atoms with Crippen molar-refractivity contribution in [3.63, 3.8) is 0 Å². The second-order valence-electron chi connectivity index (χ2n) is 6.55. The molecule has 2 saturated heterocycles. The normalized spacial score (nSPS) is 23.0. The van der Waals surface area contributed by atoms with E-state index in [-0.39, 0.29) is 11.3 Å². The minimum Gasteiger partial charge on any atom is -0.355 e. The maximum Gasteiger partial charge on any atom is 0.227 e. The summed E-state index contributed by atoms with van der Waals surface area (Å²) < 4.78 is 0. The molecule has 1 aromatic heterocycles. The number of aromatic nitrogens is 2. The zero-order chi connectivity index (χ0) is 16.6. The fraction of sp³-hybridized carbons (Fsp3) is 0.333. The van der Waals surface area contributed by atoms with Crippen LogP contribution in [0.15, 0.2) is 42.9 Å². The molecule has 0 unspecified atom stereocenters. The number of nitriles is 1. The van der Waals surface area contributed by atoms with Crippen LogP contribution >= 0.6 is 0 Å². The Hall–Kier alpha value is -2.94. The van der Waals surface area contributed by atoms with E-state index in [1.54, 1.807) is 30.7 Å². The lowest BCUT2D eigenvalue weighted by Gasteiger charge is -2.24. The highest BCUT2D eigenvalue weighted by molar-refractivity contribution is 5.96. The number of carbonyl (C=O) groups is 1. The highest BCUT2D eigenvalue weighted by Gasteiger charge is 2.48. The van der Waals surface area contributed by atoms with Crippen molar-refractivity contribution in [3.05, 3.63) is 48.4 Å². The van der Waals surface area contributed by atoms with Crippen LogP contribution in [0.5, 0.6) is 0 Å². The van der Waals surface area contributed by atoms with Gasteiger partial charge in [-0.3, -0.25) is 9.78 Å². The molecule has 0 saturated carbocycles. The third kappa shape index (κ3) is 2.48. The predicted molar refractivity (Wildman–Crippen MR) is 89.4 cm³/mol. The maximum atomic E-state index is 12.5. The lowest BCUT2D eigenvalue weighted by atomic mass is 9.86. The van der Waals surface area contributed by atoms with Crippen LogP contribution in [-0.2, 0) is 4.79 Å². The van der Waals surface area contributed by atoms with Gasteiger partial charge in [0.15, 0.2) is 0 Å². The van der Waals surface area contributed by atoms with Gasteiger partial charge in [0.1, 0.15) is 5.82 Å². The fourth-order valence-corrected chi connectivity index (χ4v) is 3.71. The summed E-state index contributed by atoms with van der Waals surface area (Å²) in [7, 11) is 0. The monoisotopic (exact) mass is 319 g/mol. The molecule has 6 heteroatoms. The van der Waals surface area contributed by atoms with Crippen molar-refractivity contribution in [3.8, 4) is 6.07 Å². The van der Waals surface area contributed by atoms with E-state index in [1.165, 1.54) is 0 Å². The van der Waals surface area contributed by atoms with Gasteiger partial charge in [0.2, 0.25) is 5.91 Å². The predicted octanol–water partition coefficient (Wildman–Crippen LogP) is 1.98. The summed E-state index contributed by atoms with van der Waals surface area (Å²) in [6.45, 7) is 2.44. The molecule has 2 aliphatic heterocycles. The van der Waals surface area contributed by atoms with Gasteiger partial charge >= 0.3 is 0 Å². The highest BCUT2D eigenvalue weighted by Crippen LogP contribution is 2.42. The van der Waals surface area contributed by atoms with Gasteiger partial charge in [0, 0.05) is 49.6 Å². The summed E-state index contributed by atoms with van der Waals surface area (Å²) in [5.74, 6) is 1.03. The van der Waals surface area contributed by atoms with Crippen LogP contribution in [-0.4, -0.2) is 35.5 Å². The first-order valence-corrected chi connectivity index (χ1v) is 8.01. The molecule has 1 atom stereocenters. The molecule has 2 aromatic rings. The molecule has 120 valence electrons. The third-order valence-electron chi connectivity index (χ3n) is 4.94. The third-order valence-corrected chi connectivity index (χ3v) is 4.94. The van der Waals surface area contributed by atoms with Gasteiger partial charge in [-0.2, -0.15) is 5.26 Å². The summed E-state index contributed by atoms with van der Waals surface area (Å²) in [5.41, 5.74) is 1.45. The van der Waals surface area contributed by atoms with Gasteiger partial charge in [-0.25, -0.2) is 4.98 Å². The number of nitrogens with zero attached hydrogens (tertiary/aromatic N) is 5. The molecule has 1 spiro atoms. The second kappa shape index (κ2) is 5.60. The first kappa shape index (κ1) is 14.6. The van der Waals surface area contributed by atoms with Crippen LogP contribution in [0.2, 0.25) is 0 Å². The molecule has 6 nitrogen and oxygen atoms in total. The van der Waals surface area contributed by atoms with Crippen molar-refractivity contribution in [2.24, 2.45) is 5.41 Å². The number of hydrogen-bond acceptors (Lipinski definition) is 5. The van der Waals surface area contributed by atoms with Gasteiger partial charge in [-0.15, -0.1) is 0 Å². The van der Waals surface area contributed by atoms with Crippen molar-refractivity contribution >= 4 is 17.4 Å². The second-order valence-corrected chi connectivity index (χ2v) is 6.55. The topological polar surface area (TPSA) is 73.1 Å². The number of amides is 1. The SMILES string of the molecule is N#Cc1ccc(N2C[C@@]3(CCN(c4cnccn4)C3)CC2=O)cc1. The Kier molecular flexibility index (Phi) is 3.42. The molecule has 1 amide bonds. The lowest BCUT2D eigenvalue weighted by Crippen LogP contribution is -2.31. The van der Waals surface area contributed by atoms with E-state index >= 15 is 0 Å². The van der Waals surface area contributed by atoms with E-state index in [0.29, 0.717) is 18.5 Å². The van der Waals surface area contributed by atoms with Crippen LogP contribution in [0.25, 0.3) is 0 Å². The quantitative estimate of drug-likeness (QED) is 0.846. The number of hydrogen-bond donors (Lipinski definition) is 0. The molecule has 3 heterocycles. The fourth-order valence-electron chi connectivity index (χ4n) is 3.71. The Morgan fingerprint density at radius 3 is 2.71 bits per heavy atom. The molecule has 24 heavy (non-hydrogen) atoms. The highest BCUT2D eigenvalue weighted by atomic mass is 16.2. The Morgan fingerprint density at radius 1 is 1.17 bits per heavy atom. The van der Waals surface area contributed by atoms with Crippen LogP contribution in [0, 0.1) is 16.7 Å². The number of benzene rings is 1. The van der Waals surface area contributed by atoms with Crippen LogP contribution < -0.4 is 9.80 Å². The molecule has 0 radical (unpaired) electrons. The van der Waals surface area contributed by atoms with E-state index in [2.05, 4.69) is 20.9 Å². The summed E-state index contributed by atoms with van der Waals surface area (Å²) in [6, 6.07) is 9.33. The number of carbonyl (C=O) groups excluding carboxylic acids is 1. The van der Waals surface area contributed by atoms with Crippen LogP contribution in [0.4, 0.5) is 11.5 Å². The van der Waals surface area contributed by atoms with Gasteiger partial charge in [0.05, 0.1) is 17.8 Å². The molecule has 2 aliphatic rings. The number of rotatable bonds is 2. The van der Waals surface area contributed by atoms with E-state index in [0.717, 1.165) is 31.0 Å². The molecule has 0 N–H and O–H groups in total. The maximum absolute atomic E-state index is 12.5. The average Bonchev–Trinajstić information content (AvgIpc) is 3.19. The Bertz CT molecular complexity index is 798. The van der Waals surface area contributed by atoms with Crippen molar-refractivity contribution in [2.45, 2.75) is 12.8 Å². The molecule has 2 fully saturated rings. The average molecular weight is 319 g/mol. The van der Waals surface area contributed by atoms with Crippen molar-refractivity contribution in [2.75, 3.05) is 29.4 Å². The van der Waals surface area contributed by atoms with Crippen molar-refractivity contribution in [1.29, 1.82) is 5.26 Å². The van der Waals surface area contributed by atoms with E-state index in [1.807, 2.05) is 17.0 Å². The van der Waals surface area contributed by atoms with Crippen molar-refractivity contribution < 1.29 is 4.79 Å². The van der Waals surface area contributed by atoms with E-state index in [4.69, 9.17) is 5.26 Å². The summed E-state index contributed by atoms with van der Waals surface area (Å²) in [5, 5.41) is 8.90. The van der Waals surface area contributed by atoms with Crippen LogP contribution in [0.3, 0.4) is 0 Å². The minimum absolute atomic E-state index is 0.0253. The van der Waals surface area contributed by atoms with Gasteiger partial charge in [0.25, 0.3) is 0 Å².